The minimum Gasteiger partial charge on any atom is -0.475 e. The standard InChI is InChI=1S/C17H24N2O6S/c1-11-4-6-12(7-5-11)18-16(20)13-3-2-10-19(13)26(23,24)15-9-8-14(25-15)17(21)22/h8-9,11-13H,2-7,10H2,1H3,(H,18,20)(H,21,22). The maximum Gasteiger partial charge on any atom is 0.371 e. The second kappa shape index (κ2) is 7.40. The fourth-order valence-corrected chi connectivity index (χ4v) is 5.25. The van der Waals surface area contributed by atoms with Crippen molar-refractivity contribution >= 4 is 21.9 Å². The molecule has 1 aromatic rings. The first-order valence-electron chi connectivity index (χ1n) is 8.94. The van der Waals surface area contributed by atoms with Crippen molar-refractivity contribution < 1.29 is 27.5 Å². The van der Waals surface area contributed by atoms with Gasteiger partial charge in [0.15, 0.2) is 0 Å². The molecule has 1 aromatic heterocycles. The number of carbonyl (C=O) groups excluding carboxylic acids is 1. The van der Waals surface area contributed by atoms with Crippen LogP contribution in [-0.4, -0.2) is 48.3 Å². The molecule has 1 aliphatic carbocycles. The molecular formula is C17H24N2O6S. The highest BCUT2D eigenvalue weighted by Gasteiger charge is 2.41. The summed E-state index contributed by atoms with van der Waals surface area (Å²) in [6.45, 7) is 2.41. The summed E-state index contributed by atoms with van der Waals surface area (Å²) in [4.78, 5) is 23.6. The molecule has 3 rings (SSSR count). The zero-order valence-electron chi connectivity index (χ0n) is 14.7. The Kier molecular flexibility index (Phi) is 5.38. The average molecular weight is 384 g/mol. The van der Waals surface area contributed by atoms with Gasteiger partial charge in [-0.1, -0.05) is 6.92 Å². The van der Waals surface area contributed by atoms with Crippen LogP contribution in [0.3, 0.4) is 0 Å². The number of furan rings is 1. The minimum atomic E-state index is -4.05. The fraction of sp³-hybridized carbons (Fsp3) is 0.647. The number of hydrogen-bond donors (Lipinski definition) is 2. The largest absolute Gasteiger partial charge is 0.475 e. The van der Waals surface area contributed by atoms with E-state index in [4.69, 9.17) is 9.52 Å². The second-order valence-corrected chi connectivity index (χ2v) is 8.98. The molecule has 1 amide bonds. The number of hydrogen-bond acceptors (Lipinski definition) is 5. The Labute approximate surface area is 152 Å². The summed E-state index contributed by atoms with van der Waals surface area (Å²) in [5.41, 5.74) is 0. The van der Waals surface area contributed by atoms with Crippen LogP contribution in [-0.2, 0) is 14.8 Å². The number of rotatable bonds is 5. The Balaban J connectivity index is 1.72. The lowest BCUT2D eigenvalue weighted by Gasteiger charge is -2.29. The predicted molar refractivity (Wildman–Crippen MR) is 92.1 cm³/mol. The van der Waals surface area contributed by atoms with Gasteiger partial charge in [0, 0.05) is 12.6 Å². The topological polar surface area (TPSA) is 117 Å². The Morgan fingerprint density at radius 3 is 2.50 bits per heavy atom. The molecule has 2 heterocycles. The molecule has 1 atom stereocenters. The number of carboxylic acid groups (broad SMARTS) is 1. The summed E-state index contributed by atoms with van der Waals surface area (Å²) in [7, 11) is -4.05. The summed E-state index contributed by atoms with van der Waals surface area (Å²) in [6.07, 6.45) is 4.95. The van der Waals surface area contributed by atoms with E-state index >= 15 is 0 Å². The Hall–Kier alpha value is -1.87. The van der Waals surface area contributed by atoms with Crippen LogP contribution in [0.2, 0.25) is 0 Å². The summed E-state index contributed by atoms with van der Waals surface area (Å²) in [6, 6.07) is 1.53. The molecule has 8 nitrogen and oxygen atoms in total. The number of carbonyl (C=O) groups is 2. The van der Waals surface area contributed by atoms with Gasteiger partial charge in [-0.05, 0) is 56.6 Å². The van der Waals surface area contributed by atoms with Crippen LogP contribution in [0.5, 0.6) is 0 Å². The molecule has 1 unspecified atom stereocenters. The molecule has 1 saturated heterocycles. The predicted octanol–water partition coefficient (Wildman–Crippen LogP) is 1.83. The molecule has 1 aliphatic heterocycles. The monoisotopic (exact) mass is 384 g/mol. The number of aromatic carboxylic acids is 1. The molecule has 0 radical (unpaired) electrons. The average Bonchev–Trinajstić information content (AvgIpc) is 3.27. The third-order valence-corrected chi connectivity index (χ3v) is 7.01. The van der Waals surface area contributed by atoms with Gasteiger partial charge in [-0.15, -0.1) is 0 Å². The van der Waals surface area contributed by atoms with Crippen LogP contribution in [0.4, 0.5) is 0 Å². The first-order chi connectivity index (χ1) is 12.3. The van der Waals surface area contributed by atoms with Gasteiger partial charge in [0.25, 0.3) is 10.0 Å². The SMILES string of the molecule is CC1CCC(NC(=O)C2CCCN2S(=O)(=O)c2ccc(C(=O)O)o2)CC1. The van der Waals surface area contributed by atoms with Crippen LogP contribution in [0, 0.1) is 5.92 Å². The van der Waals surface area contributed by atoms with E-state index in [0.29, 0.717) is 18.8 Å². The van der Waals surface area contributed by atoms with E-state index < -0.39 is 32.9 Å². The molecule has 0 bridgehead atoms. The molecular weight excluding hydrogens is 360 g/mol. The van der Waals surface area contributed by atoms with Crippen LogP contribution in [0.15, 0.2) is 21.6 Å². The van der Waals surface area contributed by atoms with Gasteiger partial charge < -0.3 is 14.8 Å². The van der Waals surface area contributed by atoms with Gasteiger partial charge >= 0.3 is 5.97 Å². The van der Waals surface area contributed by atoms with Crippen molar-refractivity contribution in [3.63, 3.8) is 0 Å². The summed E-state index contributed by atoms with van der Waals surface area (Å²) in [5.74, 6) is -1.40. The smallest absolute Gasteiger partial charge is 0.371 e. The second-order valence-electron chi connectivity index (χ2n) is 7.16. The molecule has 0 aromatic carbocycles. The number of sulfonamides is 1. The normalized spacial score (nSPS) is 27.3. The molecule has 144 valence electrons. The van der Waals surface area contributed by atoms with Gasteiger partial charge in [0.2, 0.25) is 16.8 Å². The highest BCUT2D eigenvalue weighted by molar-refractivity contribution is 7.89. The highest BCUT2D eigenvalue weighted by atomic mass is 32.2. The number of carboxylic acids is 1. The van der Waals surface area contributed by atoms with E-state index in [-0.39, 0.29) is 18.5 Å². The fourth-order valence-electron chi connectivity index (χ4n) is 3.68. The molecule has 26 heavy (non-hydrogen) atoms. The number of nitrogens with one attached hydrogen (secondary N) is 1. The quantitative estimate of drug-likeness (QED) is 0.800. The van der Waals surface area contributed by atoms with E-state index in [0.717, 1.165) is 42.1 Å². The Morgan fingerprint density at radius 2 is 1.88 bits per heavy atom. The molecule has 9 heteroatoms. The van der Waals surface area contributed by atoms with Crippen molar-refractivity contribution in [1.82, 2.24) is 9.62 Å². The van der Waals surface area contributed by atoms with E-state index in [2.05, 4.69) is 12.2 Å². The first kappa shape index (κ1) is 18.9. The maximum absolute atomic E-state index is 12.8. The highest BCUT2D eigenvalue weighted by Crippen LogP contribution is 2.28. The summed E-state index contributed by atoms with van der Waals surface area (Å²) >= 11 is 0. The van der Waals surface area contributed by atoms with Gasteiger partial charge in [0.1, 0.15) is 6.04 Å². The maximum atomic E-state index is 12.8. The van der Waals surface area contributed by atoms with Crippen molar-refractivity contribution in [3.05, 3.63) is 17.9 Å². The van der Waals surface area contributed by atoms with E-state index in [1.807, 2.05) is 0 Å². The lowest BCUT2D eigenvalue weighted by atomic mass is 9.87. The lowest BCUT2D eigenvalue weighted by Crippen LogP contribution is -2.49. The number of nitrogens with zero attached hydrogens (tertiary/aromatic N) is 1. The van der Waals surface area contributed by atoms with Crippen molar-refractivity contribution in [2.45, 2.75) is 62.6 Å². The van der Waals surface area contributed by atoms with Gasteiger partial charge in [-0.2, -0.15) is 4.31 Å². The van der Waals surface area contributed by atoms with Gasteiger partial charge in [0.05, 0.1) is 0 Å². The van der Waals surface area contributed by atoms with E-state index in [9.17, 15) is 18.0 Å². The first-order valence-corrected chi connectivity index (χ1v) is 10.4. The third kappa shape index (κ3) is 3.78. The molecule has 2 fully saturated rings. The molecule has 1 saturated carbocycles. The van der Waals surface area contributed by atoms with Crippen molar-refractivity contribution in [3.8, 4) is 0 Å². The van der Waals surface area contributed by atoms with Crippen LogP contribution in [0.25, 0.3) is 0 Å². The van der Waals surface area contributed by atoms with E-state index in [1.165, 1.54) is 0 Å². The van der Waals surface area contributed by atoms with Gasteiger partial charge in [-0.25, -0.2) is 13.2 Å². The summed E-state index contributed by atoms with van der Waals surface area (Å²) in [5, 5.41) is 11.4. The zero-order valence-corrected chi connectivity index (χ0v) is 15.5. The van der Waals surface area contributed by atoms with Crippen molar-refractivity contribution in [1.29, 1.82) is 0 Å². The number of amides is 1. The van der Waals surface area contributed by atoms with E-state index in [1.54, 1.807) is 0 Å². The molecule has 2 N–H and O–H groups in total. The van der Waals surface area contributed by atoms with Crippen molar-refractivity contribution in [2.24, 2.45) is 5.92 Å². The Bertz CT molecular complexity index is 779. The van der Waals surface area contributed by atoms with Gasteiger partial charge in [-0.3, -0.25) is 4.79 Å². The molecule has 0 spiro atoms. The van der Waals surface area contributed by atoms with Crippen LogP contribution >= 0.6 is 0 Å². The molecule has 2 aliphatic rings. The zero-order chi connectivity index (χ0) is 18.9. The Morgan fingerprint density at radius 1 is 1.19 bits per heavy atom. The lowest BCUT2D eigenvalue weighted by molar-refractivity contribution is -0.125. The third-order valence-electron chi connectivity index (χ3n) is 5.22. The van der Waals surface area contributed by atoms with Crippen LogP contribution < -0.4 is 5.32 Å². The van der Waals surface area contributed by atoms with Crippen molar-refractivity contribution in [2.75, 3.05) is 6.54 Å². The summed E-state index contributed by atoms with van der Waals surface area (Å²) < 4.78 is 31.6. The van der Waals surface area contributed by atoms with Crippen LogP contribution in [0.1, 0.15) is 56.0 Å². The minimum absolute atomic E-state index is 0.0890.